The summed E-state index contributed by atoms with van der Waals surface area (Å²) in [5, 5.41) is 26.7. The van der Waals surface area contributed by atoms with E-state index in [1.807, 2.05) is 23.7 Å². The molecule has 4 N–H and O–H groups in total. The van der Waals surface area contributed by atoms with E-state index in [0.717, 1.165) is 21.8 Å². The molecule has 41 heavy (non-hydrogen) atoms. The first-order valence-electron chi connectivity index (χ1n) is 11.8. The Kier molecular flexibility index (Phi) is 7.58. The van der Waals surface area contributed by atoms with Gasteiger partial charge < -0.3 is 35.5 Å². The number of aromatic nitrogens is 4. The smallest absolute Gasteiger partial charge is 0.348 e. The molecular weight excluding hydrogens is 600 g/mol. The largest absolute Gasteiger partial charge is 0.543 e. The van der Waals surface area contributed by atoms with Crippen LogP contribution in [0.1, 0.15) is 12.6 Å². The first-order chi connectivity index (χ1) is 19.5. The van der Waals surface area contributed by atoms with Crippen LogP contribution >= 0.6 is 34.7 Å². The number of aliphatic carboxylic acids is 2. The van der Waals surface area contributed by atoms with Gasteiger partial charge in [0.25, 0.3) is 11.8 Å². The summed E-state index contributed by atoms with van der Waals surface area (Å²) in [5.41, 5.74) is 6.66. The molecule has 2 unspecified atom stereocenters. The molecule has 2 amide bonds. The van der Waals surface area contributed by atoms with Crippen molar-refractivity contribution in [2.75, 3.05) is 11.5 Å². The maximum atomic E-state index is 13.2. The summed E-state index contributed by atoms with van der Waals surface area (Å²) in [4.78, 5) is 64.1. The Hall–Kier alpha value is -4.22. The zero-order valence-electron chi connectivity index (χ0n) is 21.3. The molecule has 5 heterocycles. The summed E-state index contributed by atoms with van der Waals surface area (Å²) in [7, 11) is 1.84. The van der Waals surface area contributed by atoms with Gasteiger partial charge in [-0.15, -0.1) is 11.8 Å². The third-order valence-corrected chi connectivity index (χ3v) is 8.76. The van der Waals surface area contributed by atoms with Crippen molar-refractivity contribution in [3.8, 4) is 0 Å². The highest BCUT2D eigenvalue weighted by molar-refractivity contribution is 8.00. The second kappa shape index (κ2) is 11.0. The molecular formula is C23H21ClN8O7S2. The number of anilines is 1. The molecule has 18 heteroatoms. The third-order valence-electron chi connectivity index (χ3n) is 6.33. The Labute approximate surface area is 244 Å². The maximum absolute atomic E-state index is 13.2. The van der Waals surface area contributed by atoms with Crippen LogP contribution in [-0.4, -0.2) is 77.3 Å². The maximum Gasteiger partial charge on any atom is 0.348 e. The number of nitrogens with two attached hydrogens (primary N) is 1. The number of pyridine rings is 1. The minimum absolute atomic E-state index is 0.0104. The van der Waals surface area contributed by atoms with Crippen LogP contribution in [0.25, 0.3) is 11.2 Å². The fraction of sp³-hybridized carbons (Fsp3) is 0.304. The lowest BCUT2D eigenvalue weighted by atomic mass is 10.0. The average Bonchev–Trinajstić information content (AvgIpc) is 3.47. The van der Waals surface area contributed by atoms with E-state index in [9.17, 15) is 24.3 Å². The van der Waals surface area contributed by atoms with Gasteiger partial charge in [0, 0.05) is 18.4 Å². The molecule has 0 spiro atoms. The van der Waals surface area contributed by atoms with Crippen molar-refractivity contribution in [1.29, 1.82) is 0 Å². The number of imidazole rings is 1. The van der Waals surface area contributed by atoms with Gasteiger partial charge in [-0.05, 0) is 24.0 Å². The quantitative estimate of drug-likeness (QED) is 0.113. The van der Waals surface area contributed by atoms with Crippen molar-refractivity contribution in [1.82, 2.24) is 24.8 Å². The van der Waals surface area contributed by atoms with Crippen LogP contribution in [0.3, 0.4) is 0 Å². The van der Waals surface area contributed by atoms with E-state index >= 15 is 0 Å². The second-order valence-corrected chi connectivity index (χ2v) is 11.7. The first-order valence-corrected chi connectivity index (χ1v) is 14.1. The number of oxime groups is 1. The Morgan fingerprint density at radius 1 is 1.44 bits per heavy atom. The Balaban J connectivity index is 1.39. The van der Waals surface area contributed by atoms with Gasteiger partial charge in [-0.2, -0.15) is 0 Å². The van der Waals surface area contributed by atoms with Crippen molar-refractivity contribution in [2.24, 2.45) is 12.2 Å². The van der Waals surface area contributed by atoms with Crippen LogP contribution in [-0.2, 0) is 37.6 Å². The lowest BCUT2D eigenvalue weighted by Gasteiger charge is -2.50. The van der Waals surface area contributed by atoms with E-state index in [1.165, 1.54) is 18.7 Å². The zero-order valence-corrected chi connectivity index (χ0v) is 23.7. The molecule has 1 saturated heterocycles. The number of carbonyl (C=O) groups is 4. The van der Waals surface area contributed by atoms with Crippen molar-refractivity contribution in [2.45, 2.75) is 31.0 Å². The highest BCUT2D eigenvalue weighted by Gasteiger charge is 2.53. The molecule has 3 aromatic heterocycles. The number of thioether (sulfide) groups is 1. The van der Waals surface area contributed by atoms with E-state index in [2.05, 4.69) is 20.4 Å². The number of carboxylic acids is 2. The highest BCUT2D eigenvalue weighted by Crippen LogP contribution is 2.40. The molecule has 0 aliphatic carbocycles. The number of nitrogen functional groups attached to an aromatic ring is 1. The van der Waals surface area contributed by atoms with Crippen LogP contribution in [0, 0.1) is 0 Å². The zero-order chi connectivity index (χ0) is 29.6. The summed E-state index contributed by atoms with van der Waals surface area (Å²) < 4.78 is 3.60. The van der Waals surface area contributed by atoms with Gasteiger partial charge in [0.05, 0.1) is 17.9 Å². The van der Waals surface area contributed by atoms with Crippen LogP contribution < -0.4 is 20.7 Å². The lowest BCUT2D eigenvalue weighted by Crippen LogP contribution is -2.71. The number of nitrogens with zero attached hydrogens (tertiary/aromatic N) is 6. The highest BCUT2D eigenvalue weighted by atomic mass is 35.5. The number of rotatable bonds is 9. The number of β-lactam (4-membered cyclic amide) rings is 1. The van der Waals surface area contributed by atoms with Gasteiger partial charge in [-0.25, -0.2) is 14.3 Å². The molecule has 3 aromatic rings. The van der Waals surface area contributed by atoms with E-state index < -0.39 is 47.0 Å². The molecule has 0 radical (unpaired) electrons. The number of nitrogens with one attached hydrogen (secondary N) is 1. The van der Waals surface area contributed by atoms with E-state index in [4.69, 9.17) is 27.3 Å². The first kappa shape index (κ1) is 28.3. The fourth-order valence-corrected chi connectivity index (χ4v) is 6.58. The van der Waals surface area contributed by atoms with Crippen LogP contribution in [0.5, 0.6) is 0 Å². The van der Waals surface area contributed by atoms with Gasteiger partial charge in [-0.3, -0.25) is 14.5 Å². The number of aryl methyl sites for hydroxylation is 1. The third kappa shape index (κ3) is 5.18. The van der Waals surface area contributed by atoms with Gasteiger partial charge in [0.2, 0.25) is 12.4 Å². The normalized spacial score (nSPS) is 19.5. The number of halogens is 1. The number of hydrogen-bond acceptors (Lipinski definition) is 12. The summed E-state index contributed by atoms with van der Waals surface area (Å²) in [6.07, 6.45) is 1.99. The number of carboxylic acid groups (broad SMARTS) is 2. The molecule has 214 valence electrons. The van der Waals surface area contributed by atoms with Crippen molar-refractivity contribution < 1.29 is 38.8 Å². The molecule has 3 atom stereocenters. The Bertz CT molecular complexity index is 1670. The molecule has 2 aliphatic rings. The van der Waals surface area contributed by atoms with E-state index in [0.29, 0.717) is 11.2 Å². The topological polar surface area (TPSA) is 209 Å². The number of amides is 2. The average molecular weight is 621 g/mol. The Morgan fingerprint density at radius 2 is 2.20 bits per heavy atom. The predicted octanol–water partition coefficient (Wildman–Crippen LogP) is -1.15. The SMILES string of the molecule is C[C@H](O/N=C(\C(=O)NC1C(=O)N2C(C(=O)[O-])=C(C[n+]3cccc4c3ncn4C)CSC12)c1nc(N)sc1Cl)C(=O)O. The molecule has 1 fully saturated rings. The van der Waals surface area contributed by atoms with Crippen molar-refractivity contribution in [3.63, 3.8) is 0 Å². The van der Waals surface area contributed by atoms with Crippen LogP contribution in [0.2, 0.25) is 4.34 Å². The number of thiazole rings is 1. The fourth-order valence-electron chi connectivity index (χ4n) is 4.32. The Morgan fingerprint density at radius 3 is 2.85 bits per heavy atom. The molecule has 0 bridgehead atoms. The summed E-state index contributed by atoms with van der Waals surface area (Å²) in [5.74, 6) is -4.27. The number of fused-ring (bicyclic) bond motifs is 2. The number of hydrogen-bond donors (Lipinski definition) is 3. The molecule has 2 aliphatic heterocycles. The van der Waals surface area contributed by atoms with E-state index in [1.54, 1.807) is 17.1 Å². The standard InChI is InChI=1S/C23H21ClN8O7S2/c1-9(21(35)36)39-29-13(12-16(24)41-23(25)28-12)18(33)27-14-19(34)32-15(22(37)38)10(7-40-20(14)32)6-31-5-3-4-11-17(31)26-8-30(11)2/h3-5,8-9,14,20H,6-7H2,1-2H3,(H4-,25,27,28,33,35,36,37,38)/b29-13-/t9-,14?,20?/m0/s1. The molecule has 0 aromatic carbocycles. The van der Waals surface area contributed by atoms with E-state index in [-0.39, 0.29) is 33.2 Å². The van der Waals surface area contributed by atoms with Gasteiger partial charge in [0.15, 0.2) is 10.8 Å². The summed E-state index contributed by atoms with van der Waals surface area (Å²) in [6.45, 7) is 1.35. The monoisotopic (exact) mass is 620 g/mol. The summed E-state index contributed by atoms with van der Waals surface area (Å²) in [6, 6.07) is 2.56. The van der Waals surface area contributed by atoms with Crippen LogP contribution in [0.15, 0.2) is 41.1 Å². The predicted molar refractivity (Wildman–Crippen MR) is 144 cm³/mol. The molecule has 15 nitrogen and oxygen atoms in total. The minimum Gasteiger partial charge on any atom is -0.543 e. The van der Waals surface area contributed by atoms with Gasteiger partial charge >= 0.3 is 11.6 Å². The summed E-state index contributed by atoms with van der Waals surface area (Å²) >= 11 is 8.25. The van der Waals surface area contributed by atoms with Crippen molar-refractivity contribution >= 4 is 80.5 Å². The number of carbonyl (C=O) groups excluding carboxylic acids is 3. The minimum atomic E-state index is -1.53. The van der Waals surface area contributed by atoms with Gasteiger partial charge in [-0.1, -0.05) is 28.1 Å². The second-order valence-electron chi connectivity index (χ2n) is 9.00. The van der Waals surface area contributed by atoms with Gasteiger partial charge in [0.1, 0.15) is 33.5 Å². The van der Waals surface area contributed by atoms with Crippen molar-refractivity contribution in [3.05, 3.63) is 46.0 Å². The molecule has 0 saturated carbocycles. The lowest BCUT2D eigenvalue weighted by molar-refractivity contribution is -0.664. The molecule has 5 rings (SSSR count). The van der Waals surface area contributed by atoms with Crippen LogP contribution in [0.4, 0.5) is 5.13 Å².